The number of guanidine groups is 1. The van der Waals surface area contributed by atoms with E-state index in [-0.39, 0.29) is 36.3 Å². The van der Waals surface area contributed by atoms with E-state index in [0.717, 1.165) is 30.5 Å². The Kier molecular flexibility index (Phi) is 11.5. The largest absolute Gasteiger partial charge is 0.493 e. The SMILES string of the molecule is CCCN(CC(C)C)C(=O)CN1Cc2ccc(OCCC(C(N)=O)C3CCc4ccccc4N3)cc2N=C1NC(=O)NCC. The number of benzene rings is 2. The Labute approximate surface area is 260 Å². The monoisotopic (exact) mass is 605 g/mol. The molecule has 44 heavy (non-hydrogen) atoms. The number of urea groups is 1. The lowest BCUT2D eigenvalue weighted by Crippen LogP contribution is -2.52. The van der Waals surface area contributed by atoms with Gasteiger partial charge in [-0.15, -0.1) is 0 Å². The van der Waals surface area contributed by atoms with Crippen molar-refractivity contribution in [2.75, 3.05) is 38.1 Å². The van der Waals surface area contributed by atoms with Crippen LogP contribution in [0.15, 0.2) is 47.5 Å². The molecule has 2 aliphatic rings. The maximum atomic E-state index is 13.3. The van der Waals surface area contributed by atoms with Gasteiger partial charge in [-0.25, -0.2) is 9.79 Å². The number of carbonyl (C=O) groups excluding carboxylic acids is 3. The van der Waals surface area contributed by atoms with Gasteiger partial charge in [-0.05, 0) is 61.8 Å². The van der Waals surface area contributed by atoms with Crippen LogP contribution in [0.5, 0.6) is 5.75 Å². The first kappa shape index (κ1) is 32.6. The predicted octanol–water partition coefficient (Wildman–Crippen LogP) is 4.00. The minimum absolute atomic E-state index is 0.00528. The number of rotatable bonds is 13. The summed E-state index contributed by atoms with van der Waals surface area (Å²) in [5.74, 6) is 0.539. The van der Waals surface area contributed by atoms with Crippen LogP contribution >= 0.6 is 0 Å². The van der Waals surface area contributed by atoms with Crippen molar-refractivity contribution in [1.82, 2.24) is 20.4 Å². The number of fused-ring (bicyclic) bond motifs is 2. The number of aliphatic imine (C=N–C) groups is 1. The van der Waals surface area contributed by atoms with Crippen molar-refractivity contribution in [3.05, 3.63) is 53.6 Å². The fraction of sp³-hybridized carbons (Fsp3) is 0.515. The van der Waals surface area contributed by atoms with Crippen molar-refractivity contribution >= 4 is 35.2 Å². The molecule has 5 N–H and O–H groups in total. The molecule has 238 valence electrons. The smallest absolute Gasteiger partial charge is 0.321 e. The van der Waals surface area contributed by atoms with Gasteiger partial charge in [-0.2, -0.15) is 0 Å². The van der Waals surface area contributed by atoms with E-state index in [1.807, 2.05) is 48.2 Å². The maximum absolute atomic E-state index is 13.3. The zero-order valence-corrected chi connectivity index (χ0v) is 26.4. The number of carbonyl (C=O) groups is 3. The molecule has 2 aromatic carbocycles. The zero-order valence-electron chi connectivity index (χ0n) is 26.4. The molecule has 0 radical (unpaired) electrons. The standard InChI is InChI=1S/C33H47N7O4/c1-5-16-39(19-22(3)4)30(41)21-40-20-24-11-13-25(18-29(24)37-32(40)38-33(43)35-6-2)44-17-15-26(31(34)42)28-14-12-23-9-7-8-10-27(23)36-28/h7-11,13,18,22,26,28,36H,5-6,12,14-17,19-21H2,1-4H3,(H2,34,42)(H2,35,37,38,43). The highest BCUT2D eigenvalue weighted by molar-refractivity contribution is 5.99. The van der Waals surface area contributed by atoms with Crippen LogP contribution in [0.2, 0.25) is 0 Å². The Morgan fingerprint density at radius 1 is 1.16 bits per heavy atom. The number of nitrogens with one attached hydrogen (secondary N) is 3. The molecule has 4 amide bonds. The second-order valence-corrected chi connectivity index (χ2v) is 11.9. The van der Waals surface area contributed by atoms with E-state index < -0.39 is 0 Å². The van der Waals surface area contributed by atoms with Gasteiger partial charge in [0.1, 0.15) is 12.3 Å². The van der Waals surface area contributed by atoms with E-state index in [0.29, 0.717) is 62.5 Å². The maximum Gasteiger partial charge on any atom is 0.321 e. The summed E-state index contributed by atoms with van der Waals surface area (Å²) in [4.78, 5) is 46.6. The van der Waals surface area contributed by atoms with Gasteiger partial charge in [0, 0.05) is 44.0 Å². The van der Waals surface area contributed by atoms with Gasteiger partial charge < -0.3 is 30.9 Å². The van der Waals surface area contributed by atoms with E-state index >= 15 is 0 Å². The lowest BCUT2D eigenvalue weighted by Gasteiger charge is -2.33. The van der Waals surface area contributed by atoms with Crippen molar-refractivity contribution in [2.24, 2.45) is 22.6 Å². The van der Waals surface area contributed by atoms with Crippen LogP contribution in [0.1, 0.15) is 58.1 Å². The number of amides is 4. The van der Waals surface area contributed by atoms with Crippen LogP contribution in [0, 0.1) is 11.8 Å². The summed E-state index contributed by atoms with van der Waals surface area (Å²) in [6, 6.07) is 13.3. The molecule has 11 heteroatoms. The average molecular weight is 606 g/mol. The molecule has 4 rings (SSSR count). The number of hydrogen-bond donors (Lipinski definition) is 4. The molecule has 2 aliphatic heterocycles. The first-order valence-corrected chi connectivity index (χ1v) is 15.7. The summed E-state index contributed by atoms with van der Waals surface area (Å²) in [5, 5.41) is 9.04. The molecule has 0 fully saturated rings. The second kappa shape index (κ2) is 15.4. The Morgan fingerprint density at radius 3 is 2.68 bits per heavy atom. The van der Waals surface area contributed by atoms with Crippen molar-refractivity contribution in [3.8, 4) is 5.75 Å². The normalized spacial score (nSPS) is 16.2. The highest BCUT2D eigenvalue weighted by Crippen LogP contribution is 2.31. The van der Waals surface area contributed by atoms with Crippen molar-refractivity contribution in [1.29, 1.82) is 0 Å². The number of nitrogens with zero attached hydrogens (tertiary/aromatic N) is 3. The van der Waals surface area contributed by atoms with Crippen LogP contribution < -0.4 is 26.4 Å². The van der Waals surface area contributed by atoms with Gasteiger partial charge in [-0.3, -0.25) is 14.9 Å². The van der Waals surface area contributed by atoms with E-state index in [2.05, 4.69) is 42.8 Å². The number of hydrogen-bond acceptors (Lipinski definition) is 7. The topological polar surface area (TPSA) is 141 Å². The average Bonchev–Trinajstić information content (AvgIpc) is 2.99. The number of anilines is 1. The minimum Gasteiger partial charge on any atom is -0.493 e. The van der Waals surface area contributed by atoms with Gasteiger partial charge in [0.25, 0.3) is 0 Å². The molecule has 2 unspecified atom stereocenters. The fourth-order valence-corrected chi connectivity index (χ4v) is 5.78. The third kappa shape index (κ3) is 8.64. The number of nitrogens with two attached hydrogens (primary N) is 1. The molecule has 0 aliphatic carbocycles. The molecule has 2 atom stereocenters. The van der Waals surface area contributed by atoms with Crippen molar-refractivity contribution < 1.29 is 19.1 Å². The molecule has 0 saturated heterocycles. The predicted molar refractivity (Wildman–Crippen MR) is 173 cm³/mol. The van der Waals surface area contributed by atoms with Gasteiger partial charge in [0.15, 0.2) is 0 Å². The minimum atomic E-state index is -0.386. The van der Waals surface area contributed by atoms with Gasteiger partial charge in [0.2, 0.25) is 17.8 Å². The third-order valence-electron chi connectivity index (χ3n) is 7.90. The molecule has 0 spiro atoms. The Morgan fingerprint density at radius 2 is 1.95 bits per heavy atom. The quantitative estimate of drug-likeness (QED) is 0.272. The molecule has 0 bridgehead atoms. The summed E-state index contributed by atoms with van der Waals surface area (Å²) < 4.78 is 6.08. The highest BCUT2D eigenvalue weighted by Gasteiger charge is 2.30. The Hall–Kier alpha value is -4.28. The first-order valence-electron chi connectivity index (χ1n) is 15.7. The molecule has 0 aromatic heterocycles. The van der Waals surface area contributed by atoms with E-state index in [1.165, 1.54) is 5.56 Å². The van der Waals surface area contributed by atoms with Gasteiger partial charge >= 0.3 is 6.03 Å². The summed E-state index contributed by atoms with van der Waals surface area (Å²) in [5.41, 5.74) is 9.68. The number of ether oxygens (including phenoxy) is 1. The molecule has 11 nitrogen and oxygen atoms in total. The van der Waals surface area contributed by atoms with Gasteiger partial charge in [-0.1, -0.05) is 45.0 Å². The molecular formula is C33H47N7O4. The first-order chi connectivity index (χ1) is 21.2. The summed E-state index contributed by atoms with van der Waals surface area (Å²) in [6.45, 7) is 10.7. The third-order valence-corrected chi connectivity index (χ3v) is 7.90. The lowest BCUT2D eigenvalue weighted by atomic mass is 9.87. The van der Waals surface area contributed by atoms with E-state index in [9.17, 15) is 14.4 Å². The van der Waals surface area contributed by atoms with Crippen LogP contribution in [-0.4, -0.2) is 72.4 Å². The molecular weight excluding hydrogens is 558 g/mol. The Balaban J connectivity index is 1.44. The number of aryl methyl sites for hydroxylation is 1. The zero-order chi connectivity index (χ0) is 31.6. The summed E-state index contributed by atoms with van der Waals surface area (Å²) >= 11 is 0. The Bertz CT molecular complexity index is 1350. The molecule has 2 heterocycles. The van der Waals surface area contributed by atoms with Crippen molar-refractivity contribution in [2.45, 2.75) is 66.0 Å². The second-order valence-electron chi connectivity index (χ2n) is 11.9. The highest BCUT2D eigenvalue weighted by atomic mass is 16.5. The van der Waals surface area contributed by atoms with Crippen LogP contribution in [0.25, 0.3) is 0 Å². The van der Waals surface area contributed by atoms with E-state index in [1.54, 1.807) is 4.90 Å². The number of primary amides is 1. The number of para-hydroxylation sites is 1. The summed E-state index contributed by atoms with van der Waals surface area (Å²) in [7, 11) is 0. The molecule has 2 aromatic rings. The summed E-state index contributed by atoms with van der Waals surface area (Å²) in [6.07, 6.45) is 3.06. The molecule has 0 saturated carbocycles. The van der Waals surface area contributed by atoms with E-state index in [4.69, 9.17) is 15.5 Å². The lowest BCUT2D eigenvalue weighted by molar-refractivity contribution is -0.132. The van der Waals surface area contributed by atoms with Crippen LogP contribution in [0.4, 0.5) is 16.2 Å². The van der Waals surface area contributed by atoms with Crippen LogP contribution in [0.3, 0.4) is 0 Å². The van der Waals surface area contributed by atoms with Crippen molar-refractivity contribution in [3.63, 3.8) is 0 Å². The van der Waals surface area contributed by atoms with Gasteiger partial charge in [0.05, 0.1) is 18.2 Å². The van der Waals surface area contributed by atoms with Crippen LogP contribution in [-0.2, 0) is 22.6 Å². The fourth-order valence-electron chi connectivity index (χ4n) is 5.78.